The molecule has 3 aromatic rings. The van der Waals surface area contributed by atoms with Gasteiger partial charge in [-0.15, -0.1) is 0 Å². The number of carbonyl (C=O) groups is 1. The maximum absolute atomic E-state index is 12.3. The molecule has 1 aromatic carbocycles. The van der Waals surface area contributed by atoms with Crippen LogP contribution in [-0.4, -0.2) is 44.3 Å². The number of hydrogen-bond donors (Lipinski definition) is 2. The fourth-order valence-corrected chi connectivity index (χ4v) is 3.71. The Morgan fingerprint density at radius 2 is 2.10 bits per heavy atom. The van der Waals surface area contributed by atoms with Crippen LogP contribution in [0.2, 0.25) is 5.15 Å². The Morgan fingerprint density at radius 3 is 2.83 bits per heavy atom. The Morgan fingerprint density at radius 1 is 1.34 bits per heavy atom. The van der Waals surface area contributed by atoms with Crippen LogP contribution in [0.4, 0.5) is 5.95 Å². The first-order valence-electron chi connectivity index (χ1n) is 8.99. The molecule has 0 atom stereocenters. The molecule has 3 N–H and O–H groups in total. The van der Waals surface area contributed by atoms with Crippen molar-refractivity contribution in [1.82, 2.24) is 24.6 Å². The third kappa shape index (κ3) is 3.62. The fourth-order valence-electron chi connectivity index (χ4n) is 3.43. The van der Waals surface area contributed by atoms with Crippen LogP contribution < -0.4 is 11.3 Å². The van der Waals surface area contributed by atoms with Crippen molar-refractivity contribution < 1.29 is 9.53 Å². The SMILES string of the molecule is COC(=O)c1nn(-c2ccccc2)c(Cl)c1CN1CCc2nc(N)[nH]c(=O)c2C1. The Kier molecular flexibility index (Phi) is 5.08. The van der Waals surface area contributed by atoms with Crippen LogP contribution in [0.25, 0.3) is 5.69 Å². The molecule has 0 radical (unpaired) electrons. The van der Waals surface area contributed by atoms with Gasteiger partial charge in [0, 0.05) is 31.6 Å². The number of carbonyl (C=O) groups excluding carboxylic acids is 1. The zero-order valence-corrected chi connectivity index (χ0v) is 16.4. The fraction of sp³-hybridized carbons (Fsp3) is 0.263. The highest BCUT2D eigenvalue weighted by molar-refractivity contribution is 6.31. The van der Waals surface area contributed by atoms with E-state index in [4.69, 9.17) is 22.1 Å². The number of nitrogen functional groups attached to an aromatic ring is 1. The number of nitrogens with one attached hydrogen (secondary N) is 1. The van der Waals surface area contributed by atoms with E-state index in [0.29, 0.717) is 48.0 Å². The molecule has 4 rings (SSSR count). The minimum absolute atomic E-state index is 0.113. The molecule has 1 aliphatic rings. The first-order valence-corrected chi connectivity index (χ1v) is 9.36. The van der Waals surface area contributed by atoms with E-state index in [2.05, 4.69) is 15.1 Å². The van der Waals surface area contributed by atoms with Crippen molar-refractivity contribution in [2.24, 2.45) is 0 Å². The molecule has 0 fully saturated rings. The lowest BCUT2D eigenvalue weighted by Crippen LogP contribution is -2.35. The molecule has 0 unspecified atom stereocenters. The Balaban J connectivity index is 1.69. The summed E-state index contributed by atoms with van der Waals surface area (Å²) in [5, 5.41) is 4.70. The molecule has 0 saturated carbocycles. The molecule has 150 valence electrons. The number of benzene rings is 1. The van der Waals surface area contributed by atoms with E-state index in [1.165, 1.54) is 11.8 Å². The van der Waals surface area contributed by atoms with E-state index in [9.17, 15) is 9.59 Å². The number of anilines is 1. The monoisotopic (exact) mass is 414 g/mol. The lowest BCUT2D eigenvalue weighted by molar-refractivity contribution is 0.0591. The molecule has 0 saturated heterocycles. The topological polar surface area (TPSA) is 119 Å². The first-order chi connectivity index (χ1) is 14.0. The predicted octanol–water partition coefficient (Wildman–Crippen LogP) is 1.54. The summed E-state index contributed by atoms with van der Waals surface area (Å²) in [6.45, 7) is 1.33. The van der Waals surface area contributed by atoms with E-state index in [-0.39, 0.29) is 17.2 Å². The molecule has 0 amide bonds. The molecule has 0 spiro atoms. The molecule has 0 bridgehead atoms. The van der Waals surface area contributed by atoms with Gasteiger partial charge in [0.25, 0.3) is 5.56 Å². The summed E-state index contributed by atoms with van der Waals surface area (Å²) in [6, 6.07) is 9.29. The number of aromatic nitrogens is 4. The lowest BCUT2D eigenvalue weighted by Gasteiger charge is -2.27. The highest BCUT2D eigenvalue weighted by Crippen LogP contribution is 2.27. The van der Waals surface area contributed by atoms with Gasteiger partial charge in [-0.2, -0.15) is 5.10 Å². The van der Waals surface area contributed by atoms with E-state index < -0.39 is 5.97 Å². The van der Waals surface area contributed by atoms with Crippen LogP contribution in [0.1, 0.15) is 27.3 Å². The average molecular weight is 415 g/mol. The molecule has 0 aliphatic carbocycles. The zero-order valence-electron chi connectivity index (χ0n) is 15.7. The van der Waals surface area contributed by atoms with Crippen molar-refractivity contribution in [2.45, 2.75) is 19.5 Å². The van der Waals surface area contributed by atoms with Gasteiger partial charge in [-0.1, -0.05) is 29.8 Å². The van der Waals surface area contributed by atoms with Gasteiger partial charge in [0.2, 0.25) is 5.95 Å². The minimum atomic E-state index is -0.568. The number of fused-ring (bicyclic) bond motifs is 1. The van der Waals surface area contributed by atoms with Gasteiger partial charge in [0.1, 0.15) is 5.15 Å². The van der Waals surface area contributed by atoms with Crippen molar-refractivity contribution >= 4 is 23.5 Å². The van der Waals surface area contributed by atoms with Crippen LogP contribution in [-0.2, 0) is 24.2 Å². The number of H-pyrrole nitrogens is 1. The van der Waals surface area contributed by atoms with Crippen LogP contribution in [0, 0.1) is 0 Å². The molecule has 10 heteroatoms. The largest absolute Gasteiger partial charge is 0.464 e. The van der Waals surface area contributed by atoms with Crippen LogP contribution >= 0.6 is 11.6 Å². The van der Waals surface area contributed by atoms with Gasteiger partial charge >= 0.3 is 5.97 Å². The molecular weight excluding hydrogens is 396 g/mol. The second-order valence-corrected chi connectivity index (χ2v) is 7.05. The molecule has 2 aromatic heterocycles. The van der Waals surface area contributed by atoms with E-state index in [0.717, 1.165) is 5.69 Å². The maximum atomic E-state index is 12.3. The molecule has 1 aliphatic heterocycles. The van der Waals surface area contributed by atoms with Crippen LogP contribution in [0.5, 0.6) is 0 Å². The van der Waals surface area contributed by atoms with Gasteiger partial charge in [-0.3, -0.25) is 14.7 Å². The van der Waals surface area contributed by atoms with E-state index >= 15 is 0 Å². The quantitative estimate of drug-likeness (QED) is 0.621. The number of aromatic amines is 1. The average Bonchev–Trinajstić information content (AvgIpc) is 3.05. The zero-order chi connectivity index (χ0) is 20.5. The first kappa shape index (κ1) is 19.2. The van der Waals surface area contributed by atoms with Gasteiger partial charge in [-0.25, -0.2) is 14.5 Å². The number of nitrogens with two attached hydrogens (primary N) is 1. The number of hydrogen-bond acceptors (Lipinski definition) is 7. The van der Waals surface area contributed by atoms with Gasteiger partial charge in [0.05, 0.1) is 24.1 Å². The number of ether oxygens (including phenoxy) is 1. The normalized spacial score (nSPS) is 13.9. The highest BCUT2D eigenvalue weighted by Gasteiger charge is 2.27. The summed E-state index contributed by atoms with van der Waals surface area (Å²) in [5.74, 6) is -0.455. The molecule has 3 heterocycles. The summed E-state index contributed by atoms with van der Waals surface area (Å²) in [4.78, 5) is 33.3. The summed E-state index contributed by atoms with van der Waals surface area (Å²) >= 11 is 6.61. The van der Waals surface area contributed by atoms with Gasteiger partial charge < -0.3 is 10.5 Å². The number of nitrogens with zero attached hydrogens (tertiary/aromatic N) is 4. The Labute approximate surface area is 171 Å². The van der Waals surface area contributed by atoms with Crippen molar-refractivity contribution in [2.75, 3.05) is 19.4 Å². The smallest absolute Gasteiger partial charge is 0.358 e. The second kappa shape index (κ2) is 7.69. The summed E-state index contributed by atoms with van der Waals surface area (Å²) < 4.78 is 6.40. The third-order valence-corrected chi connectivity index (χ3v) is 5.24. The second-order valence-electron chi connectivity index (χ2n) is 6.69. The summed E-state index contributed by atoms with van der Waals surface area (Å²) in [6.07, 6.45) is 0.571. The Bertz CT molecular complexity index is 1120. The van der Waals surface area contributed by atoms with E-state index in [1.54, 1.807) is 0 Å². The highest BCUT2D eigenvalue weighted by atomic mass is 35.5. The minimum Gasteiger partial charge on any atom is -0.464 e. The van der Waals surface area contributed by atoms with Crippen molar-refractivity contribution in [1.29, 1.82) is 0 Å². The van der Waals surface area contributed by atoms with Gasteiger partial charge in [-0.05, 0) is 12.1 Å². The number of methoxy groups -OCH3 is 1. The van der Waals surface area contributed by atoms with Crippen LogP contribution in [0.3, 0.4) is 0 Å². The lowest BCUT2D eigenvalue weighted by atomic mass is 10.1. The maximum Gasteiger partial charge on any atom is 0.358 e. The van der Waals surface area contributed by atoms with Gasteiger partial charge in [0.15, 0.2) is 5.69 Å². The van der Waals surface area contributed by atoms with Crippen molar-refractivity contribution in [3.63, 3.8) is 0 Å². The number of halogens is 1. The van der Waals surface area contributed by atoms with E-state index in [1.807, 2.05) is 35.2 Å². The van der Waals surface area contributed by atoms with Crippen molar-refractivity contribution in [3.05, 3.63) is 68.4 Å². The summed E-state index contributed by atoms with van der Waals surface area (Å²) in [7, 11) is 1.30. The Hall–Kier alpha value is -3.17. The number of esters is 1. The standard InChI is InChI=1S/C19H19ClN6O3/c1-29-18(28)15-13(16(20)26(24-15)11-5-3-2-4-6-11)10-25-8-7-14-12(9-25)17(27)23-19(21)22-14/h2-6H,7-10H2,1H3,(H3,21,22,23,27). The molecular formula is C19H19ClN6O3. The molecule has 9 nitrogen and oxygen atoms in total. The molecule has 29 heavy (non-hydrogen) atoms. The predicted molar refractivity (Wildman–Crippen MR) is 107 cm³/mol. The van der Waals surface area contributed by atoms with Crippen molar-refractivity contribution in [3.8, 4) is 5.69 Å². The number of para-hydroxylation sites is 1. The third-order valence-electron chi connectivity index (χ3n) is 4.85. The number of rotatable bonds is 4. The van der Waals surface area contributed by atoms with Crippen LogP contribution in [0.15, 0.2) is 35.1 Å². The summed E-state index contributed by atoms with van der Waals surface area (Å²) in [5.41, 5.74) is 8.06.